The Kier molecular flexibility index (Phi) is 3.53. The van der Waals surface area contributed by atoms with Crippen molar-refractivity contribution in [2.45, 2.75) is 32.7 Å². The first-order chi connectivity index (χ1) is 5.72. The highest BCUT2D eigenvalue weighted by molar-refractivity contribution is 5.77. The fourth-order valence-electron chi connectivity index (χ4n) is 1.71. The van der Waals surface area contributed by atoms with Gasteiger partial charge in [0, 0.05) is 6.54 Å². The van der Waals surface area contributed by atoms with Crippen LogP contribution in [0.5, 0.6) is 0 Å². The van der Waals surface area contributed by atoms with Crippen LogP contribution in [0.3, 0.4) is 0 Å². The van der Waals surface area contributed by atoms with E-state index >= 15 is 0 Å². The Morgan fingerprint density at radius 1 is 1.67 bits per heavy atom. The van der Waals surface area contributed by atoms with E-state index in [2.05, 4.69) is 16.8 Å². The highest BCUT2D eigenvalue weighted by Crippen LogP contribution is 2.12. The summed E-state index contributed by atoms with van der Waals surface area (Å²) in [4.78, 5) is 6.82. The zero-order valence-electron chi connectivity index (χ0n) is 8.08. The number of hydrogen-bond acceptors (Lipinski definition) is 2. The molecule has 12 heavy (non-hydrogen) atoms. The van der Waals surface area contributed by atoms with E-state index in [1.165, 1.54) is 19.4 Å². The van der Waals surface area contributed by atoms with Crippen LogP contribution in [0, 0.1) is 0 Å². The van der Waals surface area contributed by atoms with Gasteiger partial charge in [0.2, 0.25) is 0 Å². The molecule has 1 saturated heterocycles. The van der Waals surface area contributed by atoms with E-state index < -0.39 is 0 Å². The van der Waals surface area contributed by atoms with Crippen molar-refractivity contribution in [1.82, 2.24) is 4.90 Å². The van der Waals surface area contributed by atoms with E-state index in [9.17, 15) is 0 Å². The molecule has 0 aliphatic carbocycles. The van der Waals surface area contributed by atoms with Crippen molar-refractivity contribution in [2.75, 3.05) is 19.6 Å². The molecule has 1 unspecified atom stereocenters. The topological polar surface area (TPSA) is 41.6 Å². The van der Waals surface area contributed by atoms with Gasteiger partial charge in [-0.05, 0) is 32.9 Å². The molecule has 0 radical (unpaired) electrons. The van der Waals surface area contributed by atoms with Crippen LogP contribution >= 0.6 is 0 Å². The zero-order chi connectivity index (χ0) is 8.97. The number of aliphatic imine (C=N–C) groups is 1. The lowest BCUT2D eigenvalue weighted by Crippen LogP contribution is -2.37. The predicted molar refractivity (Wildman–Crippen MR) is 52.4 cm³/mol. The third-order valence-electron chi connectivity index (χ3n) is 2.31. The van der Waals surface area contributed by atoms with Crippen molar-refractivity contribution < 1.29 is 0 Å². The molecule has 1 atom stereocenters. The molecular formula is C9H19N3. The average molecular weight is 169 g/mol. The normalized spacial score (nSPS) is 27.5. The molecule has 1 aliphatic rings. The molecule has 0 spiro atoms. The molecule has 1 heterocycles. The minimum Gasteiger partial charge on any atom is -0.388 e. The predicted octanol–water partition coefficient (Wildman–Crippen LogP) is 0.848. The minimum atomic E-state index is 0.448. The number of nitrogens with zero attached hydrogens (tertiary/aromatic N) is 2. The van der Waals surface area contributed by atoms with Crippen molar-refractivity contribution in [3.05, 3.63) is 0 Å². The van der Waals surface area contributed by atoms with E-state index in [4.69, 9.17) is 5.73 Å². The molecule has 0 aromatic rings. The fraction of sp³-hybridized carbons (Fsp3) is 0.889. The Morgan fingerprint density at radius 2 is 2.42 bits per heavy atom. The van der Waals surface area contributed by atoms with Gasteiger partial charge in [-0.2, -0.15) is 0 Å². The number of piperidine rings is 1. The van der Waals surface area contributed by atoms with Crippen molar-refractivity contribution in [1.29, 1.82) is 0 Å². The highest BCUT2D eigenvalue weighted by atomic mass is 15.1. The van der Waals surface area contributed by atoms with E-state index in [0.29, 0.717) is 6.04 Å². The number of nitrogens with two attached hydrogens (primary N) is 1. The number of likely N-dealkylation sites (tertiary alicyclic amines) is 1. The third-order valence-corrected chi connectivity index (χ3v) is 2.31. The Balaban J connectivity index is 2.40. The van der Waals surface area contributed by atoms with Gasteiger partial charge in [0.1, 0.15) is 0 Å². The van der Waals surface area contributed by atoms with Gasteiger partial charge in [-0.25, -0.2) is 0 Å². The summed E-state index contributed by atoms with van der Waals surface area (Å²) in [6.45, 7) is 7.51. The van der Waals surface area contributed by atoms with E-state index in [1.54, 1.807) is 0 Å². The second-order valence-electron chi connectivity index (χ2n) is 3.46. The van der Waals surface area contributed by atoms with Crippen LogP contribution in [-0.4, -0.2) is 36.4 Å². The zero-order valence-corrected chi connectivity index (χ0v) is 8.08. The lowest BCUT2D eigenvalue weighted by Gasteiger charge is -2.29. The monoisotopic (exact) mass is 169 g/mol. The van der Waals surface area contributed by atoms with Crippen LogP contribution < -0.4 is 5.73 Å². The average Bonchev–Trinajstić information content (AvgIpc) is 2.03. The summed E-state index contributed by atoms with van der Waals surface area (Å²) in [7, 11) is 0. The number of likely N-dealkylation sites (N-methyl/N-ethyl adjacent to an activating group) is 1. The molecule has 3 nitrogen and oxygen atoms in total. The summed E-state index contributed by atoms with van der Waals surface area (Å²) in [6.07, 6.45) is 2.46. The van der Waals surface area contributed by atoms with Gasteiger partial charge in [0.05, 0.1) is 11.9 Å². The lowest BCUT2D eigenvalue weighted by molar-refractivity contribution is 0.220. The molecule has 0 amide bonds. The third kappa shape index (κ3) is 2.81. The van der Waals surface area contributed by atoms with Crippen LogP contribution in [0.15, 0.2) is 4.99 Å². The second-order valence-corrected chi connectivity index (χ2v) is 3.46. The van der Waals surface area contributed by atoms with Crippen molar-refractivity contribution in [2.24, 2.45) is 10.7 Å². The summed E-state index contributed by atoms with van der Waals surface area (Å²) < 4.78 is 0. The van der Waals surface area contributed by atoms with E-state index in [0.717, 1.165) is 18.9 Å². The van der Waals surface area contributed by atoms with Gasteiger partial charge in [0.25, 0.3) is 0 Å². The molecular weight excluding hydrogens is 150 g/mol. The van der Waals surface area contributed by atoms with E-state index in [1.807, 2.05) is 6.92 Å². The van der Waals surface area contributed by atoms with Gasteiger partial charge in [-0.1, -0.05) is 6.92 Å². The molecule has 0 aromatic carbocycles. The molecule has 0 bridgehead atoms. The van der Waals surface area contributed by atoms with Crippen LogP contribution in [0.1, 0.15) is 26.7 Å². The Hall–Kier alpha value is -0.570. The maximum atomic E-state index is 5.54. The maximum Gasteiger partial charge on any atom is 0.0909 e. The molecule has 70 valence electrons. The Morgan fingerprint density at radius 3 is 3.00 bits per heavy atom. The van der Waals surface area contributed by atoms with Gasteiger partial charge in [0.15, 0.2) is 0 Å². The van der Waals surface area contributed by atoms with Crippen molar-refractivity contribution >= 4 is 5.84 Å². The summed E-state index contributed by atoms with van der Waals surface area (Å²) in [5, 5.41) is 0. The summed E-state index contributed by atoms with van der Waals surface area (Å²) in [5.74, 6) is 0.720. The molecule has 1 aliphatic heterocycles. The molecule has 2 N–H and O–H groups in total. The number of rotatable bonds is 2. The summed E-state index contributed by atoms with van der Waals surface area (Å²) in [5.41, 5.74) is 5.54. The van der Waals surface area contributed by atoms with Crippen LogP contribution in [0.4, 0.5) is 0 Å². The van der Waals surface area contributed by atoms with Gasteiger partial charge in [-0.3, -0.25) is 4.99 Å². The lowest BCUT2D eigenvalue weighted by atomic mass is 10.1. The Bertz CT molecular complexity index is 161. The molecule has 1 fully saturated rings. The first-order valence-corrected chi connectivity index (χ1v) is 4.74. The molecule has 0 aromatic heterocycles. The van der Waals surface area contributed by atoms with Crippen LogP contribution in [-0.2, 0) is 0 Å². The second kappa shape index (κ2) is 4.45. The SMILES string of the molecule is CCN1CCCC(N=C(C)N)C1. The molecule has 1 rings (SSSR count). The quantitative estimate of drug-likeness (QED) is 0.492. The summed E-state index contributed by atoms with van der Waals surface area (Å²) >= 11 is 0. The van der Waals surface area contributed by atoms with Crippen molar-refractivity contribution in [3.63, 3.8) is 0 Å². The molecule has 0 saturated carbocycles. The fourth-order valence-corrected chi connectivity index (χ4v) is 1.71. The first-order valence-electron chi connectivity index (χ1n) is 4.74. The molecule has 3 heteroatoms. The smallest absolute Gasteiger partial charge is 0.0909 e. The number of hydrogen-bond donors (Lipinski definition) is 1. The first kappa shape index (κ1) is 9.52. The largest absolute Gasteiger partial charge is 0.388 e. The standard InChI is InChI=1S/C9H19N3/c1-3-12-6-4-5-9(7-12)11-8(2)10/h9H,3-7H2,1-2H3,(H2,10,11). The maximum absolute atomic E-state index is 5.54. The minimum absolute atomic E-state index is 0.448. The number of amidine groups is 1. The van der Waals surface area contributed by atoms with Gasteiger partial charge >= 0.3 is 0 Å². The Labute approximate surface area is 74.6 Å². The van der Waals surface area contributed by atoms with Gasteiger partial charge < -0.3 is 10.6 Å². The van der Waals surface area contributed by atoms with Crippen LogP contribution in [0.2, 0.25) is 0 Å². The van der Waals surface area contributed by atoms with Gasteiger partial charge in [-0.15, -0.1) is 0 Å². The van der Waals surface area contributed by atoms with Crippen molar-refractivity contribution in [3.8, 4) is 0 Å². The highest BCUT2D eigenvalue weighted by Gasteiger charge is 2.17. The summed E-state index contributed by atoms with van der Waals surface area (Å²) in [6, 6.07) is 0.448. The van der Waals surface area contributed by atoms with Crippen LogP contribution in [0.25, 0.3) is 0 Å². The van der Waals surface area contributed by atoms with E-state index in [-0.39, 0.29) is 0 Å².